The van der Waals surface area contributed by atoms with Crippen LogP contribution in [-0.2, 0) is 11.3 Å². The summed E-state index contributed by atoms with van der Waals surface area (Å²) in [6, 6.07) is 12.3. The highest BCUT2D eigenvalue weighted by Crippen LogP contribution is 2.27. The van der Waals surface area contributed by atoms with Crippen molar-refractivity contribution in [2.75, 3.05) is 26.2 Å². The van der Waals surface area contributed by atoms with Gasteiger partial charge in [0.25, 0.3) is 17.6 Å². The van der Waals surface area contributed by atoms with Gasteiger partial charge in [-0.3, -0.25) is 14.4 Å². The number of nitriles is 1. The molecule has 2 aromatic carbocycles. The van der Waals surface area contributed by atoms with Crippen LogP contribution in [-0.4, -0.2) is 58.1 Å². The molecule has 1 aliphatic rings. The molecule has 162 valence electrons. The Morgan fingerprint density at radius 3 is 2.28 bits per heavy atom. The van der Waals surface area contributed by atoms with E-state index in [1.165, 1.54) is 15.7 Å². The lowest BCUT2D eigenvalue weighted by molar-refractivity contribution is -0.127. The Morgan fingerprint density at radius 1 is 0.969 bits per heavy atom. The van der Waals surface area contributed by atoms with Crippen molar-refractivity contribution in [3.8, 4) is 6.07 Å². The Labute approximate surface area is 182 Å². The Balaban J connectivity index is 1.53. The quantitative estimate of drug-likeness (QED) is 0.465. The molecule has 7 nitrogen and oxygen atoms in total. The number of amides is 2. The van der Waals surface area contributed by atoms with Gasteiger partial charge < -0.3 is 14.4 Å². The minimum Gasteiger partial charge on any atom is -0.335 e. The lowest BCUT2D eigenvalue weighted by Gasteiger charge is -2.34. The molecule has 1 aliphatic heterocycles. The summed E-state index contributed by atoms with van der Waals surface area (Å²) >= 11 is 0. The fourth-order valence-corrected chi connectivity index (χ4v) is 3.86. The smallest absolute Gasteiger partial charge is 0.295 e. The van der Waals surface area contributed by atoms with Gasteiger partial charge in [-0.15, -0.1) is 0 Å². The molecule has 0 aliphatic carbocycles. The fraction of sp³-hybridized carbons (Fsp3) is 0.217. The van der Waals surface area contributed by atoms with Crippen molar-refractivity contribution in [2.45, 2.75) is 6.54 Å². The maximum Gasteiger partial charge on any atom is 0.295 e. The number of benzene rings is 2. The van der Waals surface area contributed by atoms with Gasteiger partial charge in [-0.1, -0.05) is 18.2 Å². The van der Waals surface area contributed by atoms with Crippen LogP contribution in [0.3, 0.4) is 0 Å². The highest BCUT2D eigenvalue weighted by Gasteiger charge is 2.31. The van der Waals surface area contributed by atoms with Gasteiger partial charge in [-0.2, -0.15) is 5.26 Å². The molecule has 3 aromatic rings. The van der Waals surface area contributed by atoms with Crippen molar-refractivity contribution < 1.29 is 23.2 Å². The van der Waals surface area contributed by atoms with Gasteiger partial charge in [-0.05, 0) is 18.2 Å². The van der Waals surface area contributed by atoms with Gasteiger partial charge >= 0.3 is 0 Å². The predicted octanol–water partition coefficient (Wildman–Crippen LogP) is 2.61. The molecule has 0 radical (unpaired) electrons. The number of piperazine rings is 1. The first-order valence-electron chi connectivity index (χ1n) is 9.93. The molecule has 0 atom stereocenters. The molecule has 1 saturated heterocycles. The van der Waals surface area contributed by atoms with E-state index in [9.17, 15) is 23.2 Å². The first-order chi connectivity index (χ1) is 15.4. The summed E-state index contributed by atoms with van der Waals surface area (Å²) in [5.74, 6) is -3.77. The predicted molar refractivity (Wildman–Crippen MR) is 111 cm³/mol. The Bertz CT molecular complexity index is 1260. The van der Waals surface area contributed by atoms with Gasteiger partial charge in [-0.25, -0.2) is 8.78 Å². The van der Waals surface area contributed by atoms with Crippen molar-refractivity contribution in [2.24, 2.45) is 0 Å². The summed E-state index contributed by atoms with van der Waals surface area (Å²) in [6.07, 6.45) is 1.20. The summed E-state index contributed by atoms with van der Waals surface area (Å²) in [7, 11) is 0. The average molecular weight is 436 g/mol. The van der Waals surface area contributed by atoms with E-state index < -0.39 is 23.3 Å². The van der Waals surface area contributed by atoms with Crippen molar-refractivity contribution in [1.29, 1.82) is 5.26 Å². The third-order valence-corrected chi connectivity index (χ3v) is 5.45. The molecule has 0 saturated carbocycles. The molecule has 0 unspecified atom stereocenters. The molecule has 1 fully saturated rings. The zero-order valence-electron chi connectivity index (χ0n) is 16.9. The van der Waals surface area contributed by atoms with E-state index in [2.05, 4.69) is 0 Å². The highest BCUT2D eigenvalue weighted by atomic mass is 19.1. The Morgan fingerprint density at radius 2 is 1.62 bits per heavy atom. The number of carbonyl (C=O) groups is 3. The minimum absolute atomic E-state index is 0.0264. The number of fused-ring (bicyclic) bond motifs is 1. The van der Waals surface area contributed by atoms with Crippen molar-refractivity contribution in [1.82, 2.24) is 14.4 Å². The van der Waals surface area contributed by atoms with Crippen LogP contribution >= 0.6 is 0 Å². The van der Waals surface area contributed by atoms with Crippen LogP contribution in [0.2, 0.25) is 0 Å². The molecule has 1 aromatic heterocycles. The number of hydrogen-bond donors (Lipinski definition) is 0. The zero-order valence-corrected chi connectivity index (χ0v) is 16.9. The van der Waals surface area contributed by atoms with Crippen LogP contribution in [0.4, 0.5) is 8.78 Å². The molecule has 2 amide bonds. The molecule has 2 heterocycles. The van der Waals surface area contributed by atoms with Gasteiger partial charge in [0.2, 0.25) is 0 Å². The number of rotatable bonds is 4. The van der Waals surface area contributed by atoms with Gasteiger partial charge in [0.1, 0.15) is 18.2 Å². The number of halogens is 2. The van der Waals surface area contributed by atoms with Gasteiger partial charge in [0, 0.05) is 49.4 Å². The summed E-state index contributed by atoms with van der Waals surface area (Å²) in [5, 5.41) is 8.78. The molecule has 0 spiro atoms. The number of nitrogens with zero attached hydrogens (tertiary/aromatic N) is 4. The summed E-state index contributed by atoms with van der Waals surface area (Å²) in [4.78, 5) is 41.2. The normalized spacial score (nSPS) is 13.8. The van der Waals surface area contributed by atoms with E-state index in [4.69, 9.17) is 5.26 Å². The lowest BCUT2D eigenvalue weighted by Crippen LogP contribution is -2.52. The molecule has 4 rings (SSSR count). The summed E-state index contributed by atoms with van der Waals surface area (Å²) in [6.45, 7) is 0.570. The largest absolute Gasteiger partial charge is 0.335 e. The van der Waals surface area contributed by atoms with Crippen molar-refractivity contribution in [3.63, 3.8) is 0 Å². The van der Waals surface area contributed by atoms with Crippen LogP contribution in [0, 0.1) is 23.0 Å². The summed E-state index contributed by atoms with van der Waals surface area (Å²) in [5.41, 5.74) is 0.343. The van der Waals surface area contributed by atoms with Crippen LogP contribution in [0.5, 0.6) is 0 Å². The standard InChI is InChI=1S/C23H18F2N4O3/c24-16-12-18(25)20-17(14-29(7-6-26)19(20)13-16)21(30)23(32)28-10-8-27(9-11-28)22(31)15-4-2-1-3-5-15/h1-5,12-14H,7-11H2. The second kappa shape index (κ2) is 8.59. The van der Waals surface area contributed by atoms with Crippen LogP contribution in [0.25, 0.3) is 10.9 Å². The maximum atomic E-state index is 14.5. The number of Topliss-reactive ketones (excluding diaryl/α,β-unsaturated/α-hetero) is 1. The molecular weight excluding hydrogens is 418 g/mol. The first kappa shape index (κ1) is 21.2. The van der Waals surface area contributed by atoms with Gasteiger partial charge in [0.15, 0.2) is 0 Å². The van der Waals surface area contributed by atoms with Crippen LogP contribution in [0.15, 0.2) is 48.7 Å². The second-order valence-corrected chi connectivity index (χ2v) is 7.39. The number of carbonyl (C=O) groups excluding carboxylic acids is 3. The van der Waals surface area contributed by atoms with E-state index in [1.54, 1.807) is 29.2 Å². The maximum absolute atomic E-state index is 14.5. The van der Waals surface area contributed by atoms with E-state index in [0.29, 0.717) is 11.6 Å². The van der Waals surface area contributed by atoms with Gasteiger partial charge in [0.05, 0.1) is 17.1 Å². The minimum atomic E-state index is -0.980. The van der Waals surface area contributed by atoms with Crippen LogP contribution in [0.1, 0.15) is 20.7 Å². The SMILES string of the molecule is N#CCn1cc(C(=O)C(=O)N2CCN(C(=O)c3ccccc3)CC2)c2c(F)cc(F)cc21. The number of ketones is 1. The molecule has 32 heavy (non-hydrogen) atoms. The number of aromatic nitrogens is 1. The van der Waals surface area contributed by atoms with Crippen molar-refractivity contribution in [3.05, 3.63) is 71.4 Å². The third kappa shape index (κ3) is 3.83. The second-order valence-electron chi connectivity index (χ2n) is 7.39. The fourth-order valence-electron chi connectivity index (χ4n) is 3.86. The monoisotopic (exact) mass is 436 g/mol. The van der Waals surface area contributed by atoms with Crippen molar-refractivity contribution >= 4 is 28.5 Å². The van der Waals surface area contributed by atoms with E-state index >= 15 is 0 Å². The summed E-state index contributed by atoms with van der Waals surface area (Å²) < 4.78 is 29.4. The average Bonchev–Trinajstić information content (AvgIpc) is 3.17. The highest BCUT2D eigenvalue weighted by molar-refractivity contribution is 6.45. The Kier molecular flexibility index (Phi) is 5.69. The zero-order chi connectivity index (χ0) is 22.8. The molecule has 0 N–H and O–H groups in total. The van der Waals surface area contributed by atoms with Crippen LogP contribution < -0.4 is 0 Å². The first-order valence-corrected chi connectivity index (χ1v) is 9.93. The topological polar surface area (TPSA) is 86.4 Å². The molecule has 9 heteroatoms. The van der Waals surface area contributed by atoms with E-state index in [0.717, 1.165) is 6.07 Å². The number of hydrogen-bond acceptors (Lipinski definition) is 4. The third-order valence-electron chi connectivity index (χ3n) is 5.45. The van der Waals surface area contributed by atoms with E-state index in [-0.39, 0.29) is 55.1 Å². The molecular formula is C23H18F2N4O3. The lowest BCUT2D eigenvalue weighted by atomic mass is 10.1. The Hall–Kier alpha value is -4.06. The molecule has 0 bridgehead atoms. The van der Waals surface area contributed by atoms with E-state index in [1.807, 2.05) is 12.1 Å².